The molecule has 3 rings (SSSR count). The molecule has 2 aromatic rings. The van der Waals surface area contributed by atoms with Crippen molar-refractivity contribution >= 4 is 5.91 Å². The van der Waals surface area contributed by atoms with E-state index in [0.29, 0.717) is 13.1 Å². The average Bonchev–Trinajstić information content (AvgIpc) is 2.85. The van der Waals surface area contributed by atoms with E-state index < -0.39 is 0 Å². The van der Waals surface area contributed by atoms with Gasteiger partial charge in [-0.25, -0.2) is 0 Å². The fourth-order valence-corrected chi connectivity index (χ4v) is 2.27. The largest absolute Gasteiger partial charge is 0.361 e. The number of amides is 1. The van der Waals surface area contributed by atoms with Crippen molar-refractivity contribution in [2.75, 3.05) is 6.54 Å². The molecule has 18 heavy (non-hydrogen) atoms. The highest BCUT2D eigenvalue weighted by molar-refractivity contribution is 5.94. The molecule has 0 bridgehead atoms. The van der Waals surface area contributed by atoms with Crippen LogP contribution < -0.4 is 0 Å². The van der Waals surface area contributed by atoms with Crippen LogP contribution in [0, 0.1) is 6.92 Å². The van der Waals surface area contributed by atoms with E-state index in [4.69, 9.17) is 4.52 Å². The predicted molar refractivity (Wildman–Crippen MR) is 66.1 cm³/mol. The van der Waals surface area contributed by atoms with E-state index >= 15 is 0 Å². The van der Waals surface area contributed by atoms with E-state index in [1.807, 2.05) is 36.1 Å². The molecule has 1 aliphatic rings. The van der Waals surface area contributed by atoms with Gasteiger partial charge in [-0.15, -0.1) is 0 Å². The van der Waals surface area contributed by atoms with Crippen molar-refractivity contribution in [3.63, 3.8) is 0 Å². The zero-order valence-corrected chi connectivity index (χ0v) is 10.2. The quantitative estimate of drug-likeness (QED) is 0.770. The van der Waals surface area contributed by atoms with Crippen LogP contribution in [0.1, 0.15) is 27.2 Å². The van der Waals surface area contributed by atoms with Crippen LogP contribution in [0.25, 0.3) is 0 Å². The second-order valence-corrected chi connectivity index (χ2v) is 4.62. The number of aromatic nitrogens is 1. The van der Waals surface area contributed by atoms with E-state index in [1.165, 1.54) is 0 Å². The van der Waals surface area contributed by atoms with Gasteiger partial charge in [0.25, 0.3) is 5.91 Å². The lowest BCUT2D eigenvalue weighted by atomic mass is 10.1. The Morgan fingerprint density at radius 3 is 3.17 bits per heavy atom. The molecular weight excluding hydrogens is 228 g/mol. The topological polar surface area (TPSA) is 46.3 Å². The van der Waals surface area contributed by atoms with Crippen molar-refractivity contribution in [3.05, 3.63) is 52.9 Å². The SMILES string of the molecule is Cc1cccc(C(=O)N2CCc3oncc3C2)c1. The third kappa shape index (κ3) is 1.90. The minimum absolute atomic E-state index is 0.0746. The lowest BCUT2D eigenvalue weighted by molar-refractivity contribution is 0.0729. The highest BCUT2D eigenvalue weighted by Gasteiger charge is 2.24. The molecular formula is C14H14N2O2. The predicted octanol–water partition coefficient (Wildman–Crippen LogP) is 2.18. The Kier molecular flexibility index (Phi) is 2.63. The molecule has 0 saturated heterocycles. The van der Waals surface area contributed by atoms with Crippen molar-refractivity contribution in [2.24, 2.45) is 0 Å². The highest BCUT2D eigenvalue weighted by atomic mass is 16.5. The average molecular weight is 242 g/mol. The van der Waals surface area contributed by atoms with E-state index in [1.54, 1.807) is 6.20 Å². The third-order valence-corrected chi connectivity index (χ3v) is 3.25. The van der Waals surface area contributed by atoms with Gasteiger partial charge in [0.05, 0.1) is 12.7 Å². The fraction of sp³-hybridized carbons (Fsp3) is 0.286. The zero-order chi connectivity index (χ0) is 12.5. The summed E-state index contributed by atoms with van der Waals surface area (Å²) < 4.78 is 5.12. The standard InChI is InChI=1S/C14H14N2O2/c1-10-3-2-4-11(7-10)14(17)16-6-5-13-12(9-16)8-15-18-13/h2-4,7-8H,5-6,9H2,1H3. The van der Waals surface area contributed by atoms with Gasteiger partial charge in [-0.05, 0) is 19.1 Å². The number of aryl methyl sites for hydroxylation is 1. The van der Waals surface area contributed by atoms with Crippen LogP contribution in [-0.2, 0) is 13.0 Å². The van der Waals surface area contributed by atoms with Crippen molar-refractivity contribution < 1.29 is 9.32 Å². The van der Waals surface area contributed by atoms with Crippen LogP contribution in [0.15, 0.2) is 35.0 Å². The highest BCUT2D eigenvalue weighted by Crippen LogP contribution is 2.20. The number of carbonyl (C=O) groups excluding carboxylic acids is 1. The molecule has 2 heterocycles. The van der Waals surface area contributed by atoms with Gasteiger partial charge < -0.3 is 9.42 Å². The summed E-state index contributed by atoms with van der Waals surface area (Å²) in [5.74, 6) is 0.980. The van der Waals surface area contributed by atoms with E-state index in [0.717, 1.165) is 28.9 Å². The normalized spacial score (nSPS) is 14.4. The van der Waals surface area contributed by atoms with Crippen LogP contribution in [0.4, 0.5) is 0 Å². The number of carbonyl (C=O) groups is 1. The molecule has 0 fully saturated rings. The van der Waals surface area contributed by atoms with Crippen LogP contribution >= 0.6 is 0 Å². The Morgan fingerprint density at radius 1 is 1.44 bits per heavy atom. The van der Waals surface area contributed by atoms with Gasteiger partial charge in [0, 0.05) is 24.1 Å². The smallest absolute Gasteiger partial charge is 0.254 e. The lowest BCUT2D eigenvalue weighted by Gasteiger charge is -2.25. The molecule has 0 unspecified atom stereocenters. The molecule has 0 N–H and O–H groups in total. The van der Waals surface area contributed by atoms with Crippen LogP contribution in [0.2, 0.25) is 0 Å². The van der Waals surface area contributed by atoms with E-state index in [2.05, 4.69) is 5.16 Å². The number of fused-ring (bicyclic) bond motifs is 1. The number of nitrogens with zero attached hydrogens (tertiary/aromatic N) is 2. The summed E-state index contributed by atoms with van der Waals surface area (Å²) in [5, 5.41) is 3.77. The summed E-state index contributed by atoms with van der Waals surface area (Å²) in [7, 11) is 0. The summed E-state index contributed by atoms with van der Waals surface area (Å²) in [4.78, 5) is 14.2. The lowest BCUT2D eigenvalue weighted by Crippen LogP contribution is -2.35. The Hall–Kier alpha value is -2.10. The molecule has 0 aliphatic carbocycles. The molecule has 1 aromatic heterocycles. The summed E-state index contributed by atoms with van der Waals surface area (Å²) in [6.07, 6.45) is 2.44. The van der Waals surface area contributed by atoms with Gasteiger partial charge >= 0.3 is 0 Å². The number of hydrogen-bond acceptors (Lipinski definition) is 3. The molecule has 0 radical (unpaired) electrons. The minimum Gasteiger partial charge on any atom is -0.361 e. The Labute approximate surface area is 105 Å². The van der Waals surface area contributed by atoms with Gasteiger partial charge in [0.2, 0.25) is 0 Å². The summed E-state index contributed by atoms with van der Waals surface area (Å²) in [5.41, 5.74) is 2.86. The Morgan fingerprint density at radius 2 is 2.33 bits per heavy atom. The zero-order valence-electron chi connectivity index (χ0n) is 10.2. The molecule has 4 nitrogen and oxygen atoms in total. The van der Waals surface area contributed by atoms with Crippen LogP contribution in [0.5, 0.6) is 0 Å². The molecule has 1 aliphatic heterocycles. The maximum atomic E-state index is 12.4. The molecule has 1 amide bonds. The fourth-order valence-electron chi connectivity index (χ4n) is 2.27. The van der Waals surface area contributed by atoms with Crippen LogP contribution in [0.3, 0.4) is 0 Å². The monoisotopic (exact) mass is 242 g/mol. The van der Waals surface area contributed by atoms with E-state index in [9.17, 15) is 4.79 Å². The maximum absolute atomic E-state index is 12.4. The van der Waals surface area contributed by atoms with Gasteiger partial charge in [0.15, 0.2) is 0 Å². The molecule has 4 heteroatoms. The first-order chi connectivity index (χ1) is 8.74. The Balaban J connectivity index is 1.83. The summed E-state index contributed by atoms with van der Waals surface area (Å²) >= 11 is 0. The van der Waals surface area contributed by atoms with Crippen molar-refractivity contribution in [2.45, 2.75) is 19.9 Å². The number of hydrogen-bond donors (Lipinski definition) is 0. The van der Waals surface area contributed by atoms with Gasteiger partial charge in [-0.3, -0.25) is 4.79 Å². The first-order valence-corrected chi connectivity index (χ1v) is 6.02. The number of benzene rings is 1. The molecule has 92 valence electrons. The molecule has 0 spiro atoms. The van der Waals surface area contributed by atoms with Gasteiger partial charge in [-0.1, -0.05) is 22.9 Å². The van der Waals surface area contributed by atoms with Crippen molar-refractivity contribution in [1.29, 1.82) is 0 Å². The van der Waals surface area contributed by atoms with Crippen LogP contribution in [-0.4, -0.2) is 22.5 Å². The number of rotatable bonds is 1. The van der Waals surface area contributed by atoms with Crippen molar-refractivity contribution in [1.82, 2.24) is 10.1 Å². The summed E-state index contributed by atoms with van der Waals surface area (Å²) in [6.45, 7) is 3.27. The van der Waals surface area contributed by atoms with Gasteiger partial charge in [-0.2, -0.15) is 0 Å². The second kappa shape index (κ2) is 4.29. The third-order valence-electron chi connectivity index (χ3n) is 3.25. The van der Waals surface area contributed by atoms with Gasteiger partial charge in [0.1, 0.15) is 5.76 Å². The minimum atomic E-state index is 0.0746. The molecule has 0 saturated carbocycles. The first kappa shape index (κ1) is 11.0. The molecule has 0 atom stereocenters. The molecule has 1 aromatic carbocycles. The summed E-state index contributed by atoms with van der Waals surface area (Å²) in [6, 6.07) is 7.69. The Bertz CT molecular complexity index is 589. The maximum Gasteiger partial charge on any atom is 0.254 e. The second-order valence-electron chi connectivity index (χ2n) is 4.62. The van der Waals surface area contributed by atoms with Crippen molar-refractivity contribution in [3.8, 4) is 0 Å². The first-order valence-electron chi connectivity index (χ1n) is 6.02. The van der Waals surface area contributed by atoms with E-state index in [-0.39, 0.29) is 5.91 Å².